The van der Waals surface area contributed by atoms with Gasteiger partial charge in [-0.2, -0.15) is 0 Å². The van der Waals surface area contributed by atoms with E-state index in [2.05, 4.69) is 0 Å². The van der Waals surface area contributed by atoms with Gasteiger partial charge in [0.2, 0.25) is 11.8 Å². The maximum absolute atomic E-state index is 12.2. The van der Waals surface area contributed by atoms with Crippen molar-refractivity contribution >= 4 is 17.8 Å². The highest BCUT2D eigenvalue weighted by molar-refractivity contribution is 5.81. The minimum Gasteiger partial charge on any atom is -0.480 e. The number of nitrogens with zero attached hydrogens (tertiary/aromatic N) is 3. The largest absolute Gasteiger partial charge is 0.480 e. The summed E-state index contributed by atoms with van der Waals surface area (Å²) in [5, 5.41) is 18.7. The molecule has 2 amide bonds. The monoisotopic (exact) mass is 299 g/mol. The van der Waals surface area contributed by atoms with Crippen LogP contribution in [-0.2, 0) is 14.4 Å². The van der Waals surface area contributed by atoms with Gasteiger partial charge in [0.05, 0.1) is 12.6 Å². The number of piperazine rings is 1. The van der Waals surface area contributed by atoms with Crippen LogP contribution in [0.3, 0.4) is 0 Å². The first kappa shape index (κ1) is 15.7. The van der Waals surface area contributed by atoms with Crippen molar-refractivity contribution in [3.05, 3.63) is 0 Å². The summed E-state index contributed by atoms with van der Waals surface area (Å²) in [5.41, 5.74) is 0. The smallest absolute Gasteiger partial charge is 0.321 e. The Balaban J connectivity index is 1.87. The Hall–Kier alpha value is -1.67. The maximum atomic E-state index is 12.2. The first-order valence-corrected chi connectivity index (χ1v) is 7.06. The van der Waals surface area contributed by atoms with Gasteiger partial charge in [-0.3, -0.25) is 19.3 Å². The summed E-state index contributed by atoms with van der Waals surface area (Å²) in [5.74, 6) is -1.17. The number of hydrogen-bond acceptors (Lipinski definition) is 5. The average molecular weight is 299 g/mol. The summed E-state index contributed by atoms with van der Waals surface area (Å²) in [6, 6.07) is -0.803. The number of carbonyl (C=O) groups excluding carboxylic acids is 2. The quantitative estimate of drug-likeness (QED) is 0.637. The molecule has 0 aromatic heterocycles. The van der Waals surface area contributed by atoms with Gasteiger partial charge in [0.1, 0.15) is 6.04 Å². The van der Waals surface area contributed by atoms with E-state index in [1.165, 1.54) is 11.8 Å². The number of aliphatic carboxylic acids is 1. The molecular weight excluding hydrogens is 278 g/mol. The second-order valence-corrected chi connectivity index (χ2v) is 5.56. The van der Waals surface area contributed by atoms with Gasteiger partial charge >= 0.3 is 5.97 Å². The van der Waals surface area contributed by atoms with E-state index in [1.54, 1.807) is 9.80 Å². The lowest BCUT2D eigenvalue weighted by Gasteiger charge is -2.35. The molecule has 2 N–H and O–H groups in total. The number of aliphatic hydroxyl groups is 1. The van der Waals surface area contributed by atoms with Crippen LogP contribution >= 0.6 is 0 Å². The van der Waals surface area contributed by atoms with Crippen LogP contribution < -0.4 is 0 Å². The molecule has 2 fully saturated rings. The standard InChI is InChI=1S/C13H21N3O5/c1-9(17)14-2-4-15(5-3-14)12(19)8-16-7-10(18)6-11(16)13(20)21/h10-11,18H,2-8H2,1H3,(H,20,21). The molecule has 0 aromatic rings. The van der Waals surface area contributed by atoms with Crippen molar-refractivity contribution in [3.8, 4) is 0 Å². The van der Waals surface area contributed by atoms with E-state index in [1.807, 2.05) is 0 Å². The van der Waals surface area contributed by atoms with Crippen molar-refractivity contribution in [2.75, 3.05) is 39.3 Å². The van der Waals surface area contributed by atoms with E-state index < -0.39 is 18.1 Å². The van der Waals surface area contributed by atoms with Crippen LogP contribution in [-0.4, -0.2) is 94.1 Å². The van der Waals surface area contributed by atoms with Gasteiger partial charge in [-0.05, 0) is 0 Å². The third-order valence-electron chi connectivity index (χ3n) is 4.08. The van der Waals surface area contributed by atoms with Crippen LogP contribution in [0.25, 0.3) is 0 Å². The molecule has 2 saturated heterocycles. The first-order chi connectivity index (χ1) is 9.88. The Morgan fingerprint density at radius 2 is 1.67 bits per heavy atom. The highest BCUT2D eigenvalue weighted by Gasteiger charge is 2.37. The number of β-amino-alcohol motifs (C(OH)–C–C–N with tert-alkyl or cyclic N) is 1. The topological polar surface area (TPSA) is 101 Å². The molecule has 0 bridgehead atoms. The van der Waals surface area contributed by atoms with Crippen molar-refractivity contribution in [3.63, 3.8) is 0 Å². The predicted molar refractivity (Wildman–Crippen MR) is 72.5 cm³/mol. The van der Waals surface area contributed by atoms with E-state index in [0.29, 0.717) is 26.2 Å². The summed E-state index contributed by atoms with van der Waals surface area (Å²) in [7, 11) is 0. The molecule has 2 atom stereocenters. The number of carboxylic acids is 1. The molecule has 8 heteroatoms. The summed E-state index contributed by atoms with van der Waals surface area (Å²) < 4.78 is 0. The summed E-state index contributed by atoms with van der Waals surface area (Å²) in [4.78, 5) is 39.4. The van der Waals surface area contributed by atoms with Crippen LogP contribution in [0.4, 0.5) is 0 Å². The molecule has 0 aromatic carbocycles. The second kappa shape index (κ2) is 6.40. The molecule has 0 aliphatic carbocycles. The number of carboxylic acid groups (broad SMARTS) is 1. The molecule has 0 radical (unpaired) electrons. The number of carbonyl (C=O) groups is 3. The average Bonchev–Trinajstić information content (AvgIpc) is 2.80. The van der Waals surface area contributed by atoms with Gasteiger partial charge in [0.25, 0.3) is 0 Å². The van der Waals surface area contributed by atoms with Gasteiger partial charge in [-0.1, -0.05) is 0 Å². The highest BCUT2D eigenvalue weighted by Crippen LogP contribution is 2.18. The Bertz CT molecular complexity index is 434. The Morgan fingerprint density at radius 1 is 1.10 bits per heavy atom. The fraction of sp³-hybridized carbons (Fsp3) is 0.769. The van der Waals surface area contributed by atoms with Gasteiger partial charge in [0, 0.05) is 46.1 Å². The SMILES string of the molecule is CC(=O)N1CCN(C(=O)CN2CC(O)CC2C(=O)O)CC1. The Kier molecular flexibility index (Phi) is 4.79. The van der Waals surface area contributed by atoms with E-state index in [0.717, 1.165) is 0 Å². The fourth-order valence-electron chi connectivity index (χ4n) is 2.86. The van der Waals surface area contributed by atoms with E-state index >= 15 is 0 Å². The van der Waals surface area contributed by atoms with E-state index in [-0.39, 0.29) is 31.3 Å². The van der Waals surface area contributed by atoms with Crippen molar-refractivity contribution in [2.45, 2.75) is 25.5 Å². The van der Waals surface area contributed by atoms with Crippen molar-refractivity contribution < 1.29 is 24.6 Å². The van der Waals surface area contributed by atoms with Crippen molar-refractivity contribution in [1.29, 1.82) is 0 Å². The maximum Gasteiger partial charge on any atom is 0.321 e. The number of hydrogen-bond donors (Lipinski definition) is 2. The molecule has 2 aliphatic heterocycles. The van der Waals surface area contributed by atoms with Gasteiger partial charge < -0.3 is 20.0 Å². The number of amides is 2. The Morgan fingerprint density at radius 3 is 2.19 bits per heavy atom. The lowest BCUT2D eigenvalue weighted by atomic mass is 10.2. The zero-order chi connectivity index (χ0) is 15.6. The van der Waals surface area contributed by atoms with Crippen LogP contribution in [0.15, 0.2) is 0 Å². The third kappa shape index (κ3) is 3.70. The molecule has 21 heavy (non-hydrogen) atoms. The van der Waals surface area contributed by atoms with E-state index in [9.17, 15) is 19.5 Å². The van der Waals surface area contributed by atoms with Gasteiger partial charge in [-0.15, -0.1) is 0 Å². The van der Waals surface area contributed by atoms with Crippen LogP contribution in [0.5, 0.6) is 0 Å². The van der Waals surface area contributed by atoms with Crippen molar-refractivity contribution in [2.24, 2.45) is 0 Å². The number of rotatable bonds is 3. The lowest BCUT2D eigenvalue weighted by Crippen LogP contribution is -2.53. The first-order valence-electron chi connectivity index (χ1n) is 7.06. The highest BCUT2D eigenvalue weighted by atomic mass is 16.4. The molecule has 2 aliphatic rings. The minimum atomic E-state index is -1.01. The van der Waals surface area contributed by atoms with Crippen molar-refractivity contribution in [1.82, 2.24) is 14.7 Å². The fourth-order valence-corrected chi connectivity index (χ4v) is 2.86. The Labute approximate surface area is 122 Å². The molecule has 2 unspecified atom stereocenters. The lowest BCUT2D eigenvalue weighted by molar-refractivity contribution is -0.144. The summed E-state index contributed by atoms with van der Waals surface area (Å²) in [6.07, 6.45) is -0.547. The summed E-state index contributed by atoms with van der Waals surface area (Å²) in [6.45, 7) is 3.64. The van der Waals surface area contributed by atoms with E-state index in [4.69, 9.17) is 5.11 Å². The molecule has 118 valence electrons. The second-order valence-electron chi connectivity index (χ2n) is 5.56. The zero-order valence-electron chi connectivity index (χ0n) is 12.1. The zero-order valence-corrected chi connectivity index (χ0v) is 12.1. The molecular formula is C13H21N3O5. The molecule has 0 saturated carbocycles. The number of likely N-dealkylation sites (tertiary alicyclic amines) is 1. The van der Waals surface area contributed by atoms with Crippen LogP contribution in [0, 0.1) is 0 Å². The molecule has 0 spiro atoms. The van der Waals surface area contributed by atoms with Gasteiger partial charge in [-0.25, -0.2) is 0 Å². The molecule has 2 rings (SSSR count). The normalized spacial score (nSPS) is 27.0. The summed E-state index contributed by atoms with van der Waals surface area (Å²) >= 11 is 0. The molecule has 2 heterocycles. The predicted octanol–water partition coefficient (Wildman–Crippen LogP) is -1.80. The van der Waals surface area contributed by atoms with Crippen LogP contribution in [0.1, 0.15) is 13.3 Å². The van der Waals surface area contributed by atoms with Crippen LogP contribution in [0.2, 0.25) is 0 Å². The minimum absolute atomic E-state index is 0.00398. The molecule has 8 nitrogen and oxygen atoms in total. The number of aliphatic hydroxyl groups excluding tert-OH is 1. The third-order valence-corrected chi connectivity index (χ3v) is 4.08. The van der Waals surface area contributed by atoms with Gasteiger partial charge in [0.15, 0.2) is 0 Å².